The number of rotatable bonds is 64. The Morgan fingerprint density at radius 1 is 0.253 bits per heavy atom. The predicted octanol–water partition coefficient (Wildman–Crippen LogP) is 24.6. The summed E-state index contributed by atoms with van der Waals surface area (Å²) in [7, 11) is 0. The van der Waals surface area contributed by atoms with Crippen LogP contribution in [-0.4, -0.2) is 37.2 Å². The van der Waals surface area contributed by atoms with Crippen molar-refractivity contribution in [1.29, 1.82) is 0 Å². The normalized spacial score (nSPS) is 12.8. The van der Waals surface area contributed by atoms with E-state index in [0.717, 1.165) is 128 Å². The third kappa shape index (κ3) is 68.7. The summed E-state index contributed by atoms with van der Waals surface area (Å²) in [5, 5.41) is 0. The highest BCUT2D eigenvalue weighted by Gasteiger charge is 2.19. The van der Waals surface area contributed by atoms with Crippen LogP contribution in [0.4, 0.5) is 0 Å². The molecule has 476 valence electrons. The minimum absolute atomic E-state index is 0.0844. The van der Waals surface area contributed by atoms with Crippen molar-refractivity contribution in [3.05, 3.63) is 109 Å². The van der Waals surface area contributed by atoms with Crippen LogP contribution in [0, 0.1) is 0 Å². The van der Waals surface area contributed by atoms with E-state index in [1.807, 2.05) is 0 Å². The van der Waals surface area contributed by atoms with Crippen molar-refractivity contribution < 1.29 is 28.6 Å². The van der Waals surface area contributed by atoms with E-state index in [9.17, 15) is 14.4 Å². The Morgan fingerprint density at radius 2 is 0.470 bits per heavy atom. The molecule has 0 rings (SSSR count). The topological polar surface area (TPSA) is 78.9 Å². The van der Waals surface area contributed by atoms with E-state index in [1.54, 1.807) is 0 Å². The highest BCUT2D eigenvalue weighted by atomic mass is 16.6. The number of unbranched alkanes of at least 4 members (excludes halogenated alkanes) is 35. The highest BCUT2D eigenvalue weighted by Crippen LogP contribution is 2.17. The second-order valence-electron chi connectivity index (χ2n) is 23.4. The lowest BCUT2D eigenvalue weighted by atomic mass is 10.0. The van der Waals surface area contributed by atoms with Crippen LogP contribution in [0.25, 0.3) is 0 Å². The van der Waals surface area contributed by atoms with Gasteiger partial charge in [-0.05, 0) is 109 Å². The van der Waals surface area contributed by atoms with Gasteiger partial charge in [0.05, 0.1) is 0 Å². The van der Waals surface area contributed by atoms with Crippen molar-refractivity contribution in [3.63, 3.8) is 0 Å². The second-order valence-corrected chi connectivity index (χ2v) is 23.4. The standard InChI is InChI=1S/C77H132O6/c1-4-7-10-13-16-19-22-25-27-29-31-33-34-35-36-37-38-39-40-41-42-44-45-47-49-52-55-58-61-64-67-70-76(79)82-73-74(72-81-75(78)69-66-63-60-57-54-51-24-21-18-15-12-9-6-3)83-77(80)71-68-65-62-59-56-53-50-48-46-43-32-30-28-26-23-20-17-14-11-8-5-2/h7,10,16,19,21,24-25,27,31,33,35-36,38-39,41-42,45,47,74H,4-6,8-9,11-15,17-18,20,22-23,26,28-30,32,34,37,40,43-44,46,48-73H2,1-3H3/b10-7-,19-16-,24-21-,27-25-,33-31-,36-35-,39-38-,42-41-,47-45-. The zero-order chi connectivity index (χ0) is 59.9. The number of hydrogen-bond acceptors (Lipinski definition) is 6. The lowest BCUT2D eigenvalue weighted by Crippen LogP contribution is -2.30. The molecule has 0 aromatic carbocycles. The second kappa shape index (κ2) is 70.6. The molecule has 0 aromatic heterocycles. The van der Waals surface area contributed by atoms with Gasteiger partial charge in [-0.3, -0.25) is 14.4 Å². The minimum Gasteiger partial charge on any atom is -0.462 e. The molecule has 1 unspecified atom stereocenters. The molecule has 0 bridgehead atoms. The number of ether oxygens (including phenoxy) is 3. The molecule has 0 saturated carbocycles. The van der Waals surface area contributed by atoms with Gasteiger partial charge < -0.3 is 14.2 Å². The van der Waals surface area contributed by atoms with Crippen LogP contribution in [0.5, 0.6) is 0 Å². The summed E-state index contributed by atoms with van der Waals surface area (Å²) in [6, 6.07) is 0. The van der Waals surface area contributed by atoms with Gasteiger partial charge in [-0.2, -0.15) is 0 Å². The largest absolute Gasteiger partial charge is 0.462 e. The molecule has 6 heteroatoms. The monoisotopic (exact) mass is 1150 g/mol. The van der Waals surface area contributed by atoms with Crippen LogP contribution in [0.2, 0.25) is 0 Å². The van der Waals surface area contributed by atoms with Gasteiger partial charge in [0.15, 0.2) is 6.10 Å². The quantitative estimate of drug-likeness (QED) is 0.0261. The van der Waals surface area contributed by atoms with Gasteiger partial charge in [0.2, 0.25) is 0 Å². The summed E-state index contributed by atoms with van der Waals surface area (Å²) in [6.45, 7) is 6.53. The Bertz CT molecular complexity index is 1660. The highest BCUT2D eigenvalue weighted by molar-refractivity contribution is 5.71. The van der Waals surface area contributed by atoms with E-state index in [1.165, 1.54) is 173 Å². The van der Waals surface area contributed by atoms with Crippen molar-refractivity contribution in [3.8, 4) is 0 Å². The van der Waals surface area contributed by atoms with E-state index in [0.29, 0.717) is 19.3 Å². The maximum absolute atomic E-state index is 12.9. The molecule has 0 aromatic rings. The van der Waals surface area contributed by atoms with Gasteiger partial charge in [-0.25, -0.2) is 0 Å². The third-order valence-electron chi connectivity index (χ3n) is 15.3. The first-order valence-electron chi connectivity index (χ1n) is 35.4. The summed E-state index contributed by atoms with van der Waals surface area (Å²) in [5.74, 6) is -0.892. The molecule has 0 amide bonds. The average molecular weight is 1150 g/mol. The lowest BCUT2D eigenvalue weighted by molar-refractivity contribution is -0.167. The predicted molar refractivity (Wildman–Crippen MR) is 362 cm³/mol. The van der Waals surface area contributed by atoms with Crippen molar-refractivity contribution in [2.45, 2.75) is 348 Å². The van der Waals surface area contributed by atoms with E-state index >= 15 is 0 Å². The van der Waals surface area contributed by atoms with Crippen molar-refractivity contribution in [1.82, 2.24) is 0 Å². The van der Waals surface area contributed by atoms with Crippen LogP contribution in [0.15, 0.2) is 109 Å². The fraction of sp³-hybridized carbons (Fsp3) is 0.727. The van der Waals surface area contributed by atoms with E-state index < -0.39 is 6.10 Å². The molecule has 0 fully saturated rings. The summed E-state index contributed by atoms with van der Waals surface area (Å²) in [4.78, 5) is 38.4. The molecule has 6 nitrogen and oxygen atoms in total. The smallest absolute Gasteiger partial charge is 0.306 e. The minimum atomic E-state index is -0.789. The molecule has 0 aliphatic rings. The molecular weight excluding hydrogens is 1020 g/mol. The average Bonchev–Trinajstić information content (AvgIpc) is 3.49. The fourth-order valence-corrected chi connectivity index (χ4v) is 9.99. The SMILES string of the molecule is CC/C=C\C/C=C\C/C=C\C/C=C\C/C=C\C/C=C\C/C=C\C/C=C\CCCCCCCCC(=O)OCC(COC(=O)CCCCCCC/C=C\CCCCCC)OC(=O)CCCCCCCCCCCCCCCCCCCCCCC. The first-order chi connectivity index (χ1) is 41.0. The van der Waals surface area contributed by atoms with Crippen LogP contribution < -0.4 is 0 Å². The Morgan fingerprint density at radius 3 is 0.759 bits per heavy atom. The first kappa shape index (κ1) is 79.1. The molecule has 83 heavy (non-hydrogen) atoms. The third-order valence-corrected chi connectivity index (χ3v) is 15.3. The van der Waals surface area contributed by atoms with Crippen molar-refractivity contribution in [2.75, 3.05) is 13.2 Å². The van der Waals surface area contributed by atoms with Crippen LogP contribution in [0.1, 0.15) is 342 Å². The molecule has 0 aliphatic heterocycles. The maximum atomic E-state index is 12.9. The molecule has 0 heterocycles. The molecular formula is C77H132O6. The summed E-state index contributed by atoms with van der Waals surface area (Å²) >= 11 is 0. The number of carbonyl (C=O) groups excluding carboxylic acids is 3. The van der Waals surface area contributed by atoms with Gasteiger partial charge in [-0.1, -0.05) is 323 Å². The maximum Gasteiger partial charge on any atom is 0.306 e. The van der Waals surface area contributed by atoms with E-state index in [2.05, 4.69) is 130 Å². The molecule has 1 atom stereocenters. The van der Waals surface area contributed by atoms with Gasteiger partial charge in [0, 0.05) is 19.3 Å². The molecule has 0 N–H and O–H groups in total. The molecule has 0 radical (unpaired) electrons. The summed E-state index contributed by atoms with van der Waals surface area (Å²) in [6.07, 6.45) is 96.8. The first-order valence-corrected chi connectivity index (χ1v) is 35.4. The lowest BCUT2D eigenvalue weighted by Gasteiger charge is -2.18. The Labute approximate surface area is 514 Å². The van der Waals surface area contributed by atoms with Crippen LogP contribution in [-0.2, 0) is 28.6 Å². The van der Waals surface area contributed by atoms with Crippen LogP contribution >= 0.6 is 0 Å². The summed E-state index contributed by atoms with van der Waals surface area (Å²) in [5.41, 5.74) is 0. The number of hydrogen-bond donors (Lipinski definition) is 0. The fourth-order valence-electron chi connectivity index (χ4n) is 9.99. The van der Waals surface area contributed by atoms with E-state index in [-0.39, 0.29) is 31.1 Å². The van der Waals surface area contributed by atoms with Gasteiger partial charge in [0.25, 0.3) is 0 Å². The Hall–Kier alpha value is -3.93. The number of carbonyl (C=O) groups is 3. The summed E-state index contributed by atoms with van der Waals surface area (Å²) < 4.78 is 17.0. The van der Waals surface area contributed by atoms with E-state index in [4.69, 9.17) is 14.2 Å². The Kier molecular flexibility index (Phi) is 67.2. The van der Waals surface area contributed by atoms with Crippen LogP contribution in [0.3, 0.4) is 0 Å². The van der Waals surface area contributed by atoms with Gasteiger partial charge in [-0.15, -0.1) is 0 Å². The van der Waals surface area contributed by atoms with Gasteiger partial charge in [0.1, 0.15) is 13.2 Å². The molecule has 0 saturated heterocycles. The van der Waals surface area contributed by atoms with Gasteiger partial charge >= 0.3 is 17.9 Å². The van der Waals surface area contributed by atoms with Crippen molar-refractivity contribution in [2.24, 2.45) is 0 Å². The Balaban J connectivity index is 4.32. The molecule has 0 aliphatic carbocycles. The zero-order valence-corrected chi connectivity index (χ0v) is 54.7. The van der Waals surface area contributed by atoms with Crippen molar-refractivity contribution >= 4 is 17.9 Å². The zero-order valence-electron chi connectivity index (χ0n) is 54.7. The number of allylic oxidation sites excluding steroid dienone is 18. The number of esters is 3. The molecule has 0 spiro atoms.